The van der Waals surface area contributed by atoms with Crippen LogP contribution in [0.2, 0.25) is 0 Å². The Kier molecular flexibility index (Phi) is 3.99. The molecule has 0 atom stereocenters. The summed E-state index contributed by atoms with van der Waals surface area (Å²) in [5.74, 6) is 1.15. The second-order valence-corrected chi connectivity index (χ2v) is 6.00. The second-order valence-electron chi connectivity index (χ2n) is 4.03. The molecule has 0 aliphatic rings. The third-order valence-corrected chi connectivity index (χ3v) is 4.54. The summed E-state index contributed by atoms with van der Waals surface area (Å²) in [5.41, 5.74) is 0.529. The van der Waals surface area contributed by atoms with Crippen molar-refractivity contribution in [2.24, 2.45) is 0 Å². The molecule has 3 aromatic rings. The predicted molar refractivity (Wildman–Crippen MR) is 78.3 cm³/mol. The Hall–Kier alpha value is -2.17. The van der Waals surface area contributed by atoms with E-state index in [2.05, 4.69) is 16.2 Å². The average Bonchev–Trinajstić information content (AvgIpc) is 3.15. The van der Waals surface area contributed by atoms with E-state index in [1.165, 1.54) is 35.2 Å². The summed E-state index contributed by atoms with van der Waals surface area (Å²) in [6.07, 6.45) is 0. The van der Waals surface area contributed by atoms with Crippen LogP contribution in [0.15, 0.2) is 45.1 Å². The van der Waals surface area contributed by atoms with Crippen molar-refractivity contribution in [2.75, 3.05) is 0 Å². The number of thiophene rings is 1. The lowest BCUT2D eigenvalue weighted by Crippen LogP contribution is -1.84. The summed E-state index contributed by atoms with van der Waals surface area (Å²) in [4.78, 5) is 5.89. The highest BCUT2D eigenvalue weighted by atomic mass is 32.2. The fraction of sp³-hybridized carbons (Fsp3) is 0.0714. The standard InChI is InChI=1S/C14H8FN3OS2/c15-10-1-3-11(4-2-10)21-8-12-17-14(19-18-12)13-9(7-16)5-6-20-13/h1-6H,8H2. The zero-order chi connectivity index (χ0) is 14.7. The number of nitrogens with zero attached hydrogens (tertiary/aromatic N) is 3. The molecule has 0 N–H and O–H groups in total. The van der Waals surface area contributed by atoms with Gasteiger partial charge in [0.25, 0.3) is 5.89 Å². The van der Waals surface area contributed by atoms with Crippen LogP contribution >= 0.6 is 23.1 Å². The van der Waals surface area contributed by atoms with E-state index in [0.717, 1.165) is 4.90 Å². The van der Waals surface area contributed by atoms with Gasteiger partial charge in [0.15, 0.2) is 5.82 Å². The predicted octanol–water partition coefficient (Wildman–Crippen LogP) is 4.10. The fourth-order valence-corrected chi connectivity index (χ4v) is 3.15. The van der Waals surface area contributed by atoms with Gasteiger partial charge in [-0.15, -0.1) is 23.1 Å². The number of hydrogen-bond donors (Lipinski definition) is 0. The van der Waals surface area contributed by atoms with Gasteiger partial charge in [-0.3, -0.25) is 0 Å². The highest BCUT2D eigenvalue weighted by Gasteiger charge is 2.14. The van der Waals surface area contributed by atoms with Crippen molar-refractivity contribution in [1.29, 1.82) is 5.26 Å². The first kappa shape index (κ1) is 13.8. The van der Waals surface area contributed by atoms with Crippen molar-refractivity contribution < 1.29 is 8.91 Å². The molecule has 2 heterocycles. The third-order valence-electron chi connectivity index (χ3n) is 2.63. The second kappa shape index (κ2) is 6.08. The minimum absolute atomic E-state index is 0.261. The minimum atomic E-state index is -0.261. The first-order valence-electron chi connectivity index (χ1n) is 5.95. The number of rotatable bonds is 4. The van der Waals surface area contributed by atoms with Crippen LogP contribution in [-0.4, -0.2) is 10.1 Å². The van der Waals surface area contributed by atoms with Crippen LogP contribution in [0.4, 0.5) is 4.39 Å². The molecule has 1 aromatic carbocycles. The molecular formula is C14H8FN3OS2. The lowest BCUT2D eigenvalue weighted by atomic mass is 10.3. The van der Waals surface area contributed by atoms with Gasteiger partial charge in [-0.05, 0) is 35.7 Å². The van der Waals surface area contributed by atoms with Crippen LogP contribution in [0.25, 0.3) is 10.8 Å². The highest BCUT2D eigenvalue weighted by Crippen LogP contribution is 2.29. The molecule has 0 saturated carbocycles. The Morgan fingerprint density at radius 3 is 2.86 bits per heavy atom. The summed E-state index contributed by atoms with van der Waals surface area (Å²) >= 11 is 2.88. The Bertz CT molecular complexity index is 789. The number of hydrogen-bond acceptors (Lipinski definition) is 6. The lowest BCUT2D eigenvalue weighted by Gasteiger charge is -1.97. The number of benzene rings is 1. The average molecular weight is 317 g/mol. The van der Waals surface area contributed by atoms with Gasteiger partial charge in [0.05, 0.1) is 11.3 Å². The van der Waals surface area contributed by atoms with Crippen LogP contribution in [0.3, 0.4) is 0 Å². The Morgan fingerprint density at radius 2 is 2.10 bits per heavy atom. The lowest BCUT2D eigenvalue weighted by molar-refractivity contribution is 0.426. The number of halogens is 1. The molecule has 0 amide bonds. The van der Waals surface area contributed by atoms with Crippen LogP contribution in [-0.2, 0) is 5.75 Å². The van der Waals surface area contributed by atoms with E-state index in [9.17, 15) is 4.39 Å². The number of aromatic nitrogens is 2. The van der Waals surface area contributed by atoms with Crippen LogP contribution in [0.1, 0.15) is 11.4 Å². The van der Waals surface area contributed by atoms with Crippen molar-refractivity contribution in [3.63, 3.8) is 0 Å². The molecule has 2 aromatic heterocycles. The van der Waals surface area contributed by atoms with Gasteiger partial charge in [-0.2, -0.15) is 10.2 Å². The Balaban J connectivity index is 1.71. The smallest absolute Gasteiger partial charge is 0.269 e. The fourth-order valence-electron chi connectivity index (χ4n) is 1.65. The third kappa shape index (κ3) is 3.12. The Labute approximate surface area is 128 Å². The summed E-state index contributed by atoms with van der Waals surface area (Å²) in [5, 5.41) is 14.7. The molecule has 0 aliphatic carbocycles. The van der Waals surface area contributed by atoms with Gasteiger partial charge in [-0.25, -0.2) is 4.39 Å². The molecule has 0 fully saturated rings. The van der Waals surface area contributed by atoms with Gasteiger partial charge in [0, 0.05) is 4.90 Å². The topological polar surface area (TPSA) is 62.7 Å². The molecule has 0 radical (unpaired) electrons. The van der Waals surface area contributed by atoms with E-state index < -0.39 is 0 Å². The molecule has 0 aliphatic heterocycles. The zero-order valence-corrected chi connectivity index (χ0v) is 12.2. The number of nitriles is 1. The molecule has 0 spiro atoms. The van der Waals surface area contributed by atoms with Crippen molar-refractivity contribution in [1.82, 2.24) is 10.1 Å². The van der Waals surface area contributed by atoms with E-state index in [1.807, 2.05) is 5.38 Å². The van der Waals surface area contributed by atoms with Crippen molar-refractivity contribution >= 4 is 23.1 Å². The SMILES string of the molecule is N#Cc1ccsc1-c1nc(CSc2ccc(F)cc2)no1. The van der Waals surface area contributed by atoms with Gasteiger partial charge >= 0.3 is 0 Å². The first-order chi connectivity index (χ1) is 10.3. The molecule has 0 bridgehead atoms. The van der Waals surface area contributed by atoms with E-state index in [4.69, 9.17) is 9.78 Å². The first-order valence-corrected chi connectivity index (χ1v) is 7.81. The van der Waals surface area contributed by atoms with Gasteiger partial charge in [0.2, 0.25) is 0 Å². The van der Waals surface area contributed by atoms with Gasteiger partial charge in [0.1, 0.15) is 16.8 Å². The molecule has 21 heavy (non-hydrogen) atoms. The summed E-state index contributed by atoms with van der Waals surface area (Å²) < 4.78 is 18.0. The molecule has 104 valence electrons. The van der Waals surface area contributed by atoms with Crippen LogP contribution in [0.5, 0.6) is 0 Å². The van der Waals surface area contributed by atoms with Crippen molar-refractivity contribution in [3.05, 3.63) is 52.9 Å². The zero-order valence-electron chi connectivity index (χ0n) is 10.6. The molecular weight excluding hydrogens is 309 g/mol. The van der Waals surface area contributed by atoms with Crippen molar-refractivity contribution in [2.45, 2.75) is 10.6 Å². The molecule has 0 unspecified atom stereocenters. The van der Waals surface area contributed by atoms with E-state index in [0.29, 0.717) is 27.9 Å². The highest BCUT2D eigenvalue weighted by molar-refractivity contribution is 7.98. The molecule has 0 saturated heterocycles. The van der Waals surface area contributed by atoms with E-state index in [-0.39, 0.29) is 5.82 Å². The van der Waals surface area contributed by atoms with E-state index in [1.54, 1.807) is 18.2 Å². The van der Waals surface area contributed by atoms with Gasteiger partial charge in [-0.1, -0.05) is 5.16 Å². The summed E-state index contributed by atoms with van der Waals surface area (Å²) in [6.45, 7) is 0. The summed E-state index contributed by atoms with van der Waals surface area (Å²) in [6, 6.07) is 10.0. The molecule has 7 heteroatoms. The molecule has 3 rings (SSSR count). The van der Waals surface area contributed by atoms with Crippen LogP contribution in [0, 0.1) is 17.1 Å². The number of thioether (sulfide) groups is 1. The molecule has 4 nitrogen and oxygen atoms in total. The minimum Gasteiger partial charge on any atom is -0.333 e. The normalized spacial score (nSPS) is 10.5. The van der Waals surface area contributed by atoms with E-state index >= 15 is 0 Å². The van der Waals surface area contributed by atoms with Crippen molar-refractivity contribution in [3.8, 4) is 16.8 Å². The Morgan fingerprint density at radius 1 is 1.29 bits per heavy atom. The maximum atomic E-state index is 12.8. The monoisotopic (exact) mass is 317 g/mol. The van der Waals surface area contributed by atoms with Gasteiger partial charge < -0.3 is 4.52 Å². The van der Waals surface area contributed by atoms with Crippen LogP contribution < -0.4 is 0 Å². The largest absolute Gasteiger partial charge is 0.333 e. The quantitative estimate of drug-likeness (QED) is 0.678. The summed E-state index contributed by atoms with van der Waals surface area (Å²) in [7, 11) is 0. The maximum absolute atomic E-state index is 12.8. The maximum Gasteiger partial charge on any atom is 0.269 e.